The van der Waals surface area contributed by atoms with Crippen molar-refractivity contribution in [3.63, 3.8) is 0 Å². The summed E-state index contributed by atoms with van der Waals surface area (Å²) in [5.41, 5.74) is 1.83. The molecule has 3 aromatic heterocycles. The number of sulfonamides is 1. The van der Waals surface area contributed by atoms with E-state index < -0.39 is 10.0 Å². The number of rotatable bonds is 6. The largest absolute Gasteiger partial charge is 0.465 e. The molecule has 3 heterocycles. The third-order valence-electron chi connectivity index (χ3n) is 5.46. The number of nitrogens with one attached hydrogen (secondary N) is 1. The van der Waals surface area contributed by atoms with Crippen molar-refractivity contribution in [1.82, 2.24) is 19.5 Å². The van der Waals surface area contributed by atoms with Crippen LogP contribution in [0, 0.1) is 20.8 Å². The summed E-state index contributed by atoms with van der Waals surface area (Å²) in [5.74, 6) is 2.62. The minimum atomic E-state index is -3.74. The van der Waals surface area contributed by atoms with Gasteiger partial charge in [0.1, 0.15) is 22.1 Å². The first-order valence-electron chi connectivity index (χ1n) is 9.32. The SMILES string of the molecule is Cc1ccc(CNS(=O)(=O)c2c(C)c(-c3nnc(C4CCC4)o3)n(C)c2C)o1. The number of hydrogen-bond donors (Lipinski definition) is 1. The summed E-state index contributed by atoms with van der Waals surface area (Å²) in [6.45, 7) is 5.44. The van der Waals surface area contributed by atoms with Crippen LogP contribution in [0.25, 0.3) is 11.6 Å². The van der Waals surface area contributed by atoms with E-state index in [0.717, 1.165) is 18.6 Å². The third kappa shape index (κ3) is 3.18. The van der Waals surface area contributed by atoms with Crippen LogP contribution < -0.4 is 4.72 Å². The first kappa shape index (κ1) is 18.9. The van der Waals surface area contributed by atoms with Crippen molar-refractivity contribution in [2.75, 3.05) is 0 Å². The Morgan fingerprint density at radius 3 is 2.54 bits per heavy atom. The van der Waals surface area contributed by atoms with Crippen LogP contribution in [-0.2, 0) is 23.6 Å². The molecule has 0 aromatic carbocycles. The zero-order valence-corrected chi connectivity index (χ0v) is 17.3. The molecule has 1 aliphatic carbocycles. The maximum absolute atomic E-state index is 13.0. The summed E-state index contributed by atoms with van der Waals surface area (Å²) in [7, 11) is -1.94. The van der Waals surface area contributed by atoms with Gasteiger partial charge in [-0.25, -0.2) is 13.1 Å². The fourth-order valence-electron chi connectivity index (χ4n) is 3.62. The van der Waals surface area contributed by atoms with E-state index in [1.807, 2.05) is 6.92 Å². The molecule has 8 nitrogen and oxygen atoms in total. The Morgan fingerprint density at radius 1 is 1.18 bits per heavy atom. The molecule has 1 aliphatic rings. The molecule has 4 rings (SSSR count). The first-order valence-corrected chi connectivity index (χ1v) is 10.8. The third-order valence-corrected chi connectivity index (χ3v) is 7.13. The van der Waals surface area contributed by atoms with Crippen LogP contribution in [0.3, 0.4) is 0 Å². The highest BCUT2D eigenvalue weighted by Gasteiger charge is 2.30. The number of nitrogens with zero attached hydrogens (tertiary/aromatic N) is 3. The molecule has 0 atom stereocenters. The summed E-state index contributed by atoms with van der Waals surface area (Å²) in [6, 6.07) is 3.56. The summed E-state index contributed by atoms with van der Waals surface area (Å²) in [4.78, 5) is 0.233. The lowest BCUT2D eigenvalue weighted by molar-refractivity contribution is 0.337. The molecule has 0 saturated heterocycles. The predicted octanol–water partition coefficient (Wildman–Crippen LogP) is 3.34. The average molecular weight is 404 g/mol. The van der Waals surface area contributed by atoms with E-state index in [2.05, 4.69) is 14.9 Å². The smallest absolute Gasteiger partial charge is 0.264 e. The van der Waals surface area contributed by atoms with Gasteiger partial charge in [-0.05, 0) is 45.7 Å². The van der Waals surface area contributed by atoms with Gasteiger partial charge in [-0.2, -0.15) is 0 Å². The monoisotopic (exact) mass is 404 g/mol. The molecule has 150 valence electrons. The Morgan fingerprint density at radius 2 is 1.93 bits per heavy atom. The van der Waals surface area contributed by atoms with Crippen LogP contribution in [0.2, 0.25) is 0 Å². The number of aryl methyl sites for hydroxylation is 1. The fraction of sp³-hybridized carbons (Fsp3) is 0.474. The zero-order chi connectivity index (χ0) is 20.1. The standard InChI is InChI=1S/C19H24N4O4S/c1-11-8-9-15(26-11)10-20-28(24,25)17-12(2)16(23(4)13(17)3)19-22-21-18(27-19)14-6-5-7-14/h8-9,14,20H,5-7,10H2,1-4H3. The van der Waals surface area contributed by atoms with Gasteiger partial charge in [0, 0.05) is 24.2 Å². The molecule has 0 amide bonds. The van der Waals surface area contributed by atoms with Gasteiger partial charge in [0.05, 0.1) is 6.54 Å². The first-order chi connectivity index (χ1) is 13.3. The van der Waals surface area contributed by atoms with E-state index in [-0.39, 0.29) is 11.4 Å². The van der Waals surface area contributed by atoms with Gasteiger partial charge in [0.2, 0.25) is 15.9 Å². The molecule has 0 spiro atoms. The van der Waals surface area contributed by atoms with Crippen molar-refractivity contribution in [3.05, 3.63) is 40.8 Å². The van der Waals surface area contributed by atoms with E-state index in [1.165, 1.54) is 6.42 Å². The molecule has 0 unspecified atom stereocenters. The Labute approximate surface area is 164 Å². The molecule has 1 fully saturated rings. The Bertz CT molecular complexity index is 1120. The van der Waals surface area contributed by atoms with Gasteiger partial charge in [0.25, 0.3) is 5.89 Å². The molecule has 0 aliphatic heterocycles. The van der Waals surface area contributed by atoms with Crippen molar-refractivity contribution in [2.45, 2.75) is 57.4 Å². The summed E-state index contributed by atoms with van der Waals surface area (Å²) < 4.78 is 41.7. The molecular weight excluding hydrogens is 380 g/mol. The quantitative estimate of drug-likeness (QED) is 0.676. The van der Waals surface area contributed by atoms with Crippen LogP contribution in [0.4, 0.5) is 0 Å². The average Bonchev–Trinajstić information content (AvgIpc) is 3.25. The summed E-state index contributed by atoms with van der Waals surface area (Å²) >= 11 is 0. The molecular formula is C19H24N4O4S. The Balaban J connectivity index is 1.66. The maximum atomic E-state index is 13.0. The van der Waals surface area contributed by atoms with E-state index >= 15 is 0 Å². The molecule has 1 N–H and O–H groups in total. The normalized spacial score (nSPS) is 15.1. The summed E-state index contributed by atoms with van der Waals surface area (Å²) in [6.07, 6.45) is 3.29. The predicted molar refractivity (Wildman–Crippen MR) is 102 cm³/mol. The lowest BCUT2D eigenvalue weighted by atomic mass is 9.85. The molecule has 0 radical (unpaired) electrons. The van der Waals surface area contributed by atoms with Crippen LogP contribution in [0.1, 0.15) is 53.8 Å². The van der Waals surface area contributed by atoms with Gasteiger partial charge in [-0.3, -0.25) is 0 Å². The summed E-state index contributed by atoms with van der Waals surface area (Å²) in [5, 5.41) is 8.34. The lowest BCUT2D eigenvalue weighted by Crippen LogP contribution is -2.24. The highest BCUT2D eigenvalue weighted by atomic mass is 32.2. The van der Waals surface area contributed by atoms with Crippen molar-refractivity contribution >= 4 is 10.0 Å². The van der Waals surface area contributed by atoms with Crippen LogP contribution >= 0.6 is 0 Å². The van der Waals surface area contributed by atoms with E-state index in [4.69, 9.17) is 8.83 Å². The van der Waals surface area contributed by atoms with E-state index in [0.29, 0.717) is 40.4 Å². The van der Waals surface area contributed by atoms with Gasteiger partial charge in [-0.15, -0.1) is 10.2 Å². The minimum Gasteiger partial charge on any atom is -0.465 e. The molecule has 0 bridgehead atoms. The zero-order valence-electron chi connectivity index (χ0n) is 16.4. The van der Waals surface area contributed by atoms with Gasteiger partial charge >= 0.3 is 0 Å². The topological polar surface area (TPSA) is 103 Å². The molecule has 1 saturated carbocycles. The van der Waals surface area contributed by atoms with Gasteiger partial charge in [-0.1, -0.05) is 6.42 Å². The van der Waals surface area contributed by atoms with E-state index in [1.54, 1.807) is 37.6 Å². The second kappa shape index (κ2) is 6.89. The molecule has 3 aromatic rings. The minimum absolute atomic E-state index is 0.0890. The van der Waals surface area contributed by atoms with Crippen molar-refractivity contribution < 1.29 is 17.3 Å². The highest BCUT2D eigenvalue weighted by molar-refractivity contribution is 7.89. The van der Waals surface area contributed by atoms with Crippen LogP contribution in [-0.4, -0.2) is 23.2 Å². The number of hydrogen-bond acceptors (Lipinski definition) is 6. The van der Waals surface area contributed by atoms with Crippen LogP contribution in [0.15, 0.2) is 25.9 Å². The fourth-order valence-corrected chi connectivity index (χ4v) is 5.12. The van der Waals surface area contributed by atoms with Crippen molar-refractivity contribution in [2.24, 2.45) is 7.05 Å². The second-order valence-corrected chi connectivity index (χ2v) is 9.06. The van der Waals surface area contributed by atoms with Crippen molar-refractivity contribution in [3.8, 4) is 11.6 Å². The second-order valence-electron chi connectivity index (χ2n) is 7.36. The van der Waals surface area contributed by atoms with Gasteiger partial charge < -0.3 is 13.4 Å². The lowest BCUT2D eigenvalue weighted by Gasteiger charge is -2.20. The Kier molecular flexibility index (Phi) is 4.67. The van der Waals surface area contributed by atoms with Crippen molar-refractivity contribution in [1.29, 1.82) is 0 Å². The molecule has 28 heavy (non-hydrogen) atoms. The van der Waals surface area contributed by atoms with Crippen LogP contribution in [0.5, 0.6) is 0 Å². The molecule has 9 heteroatoms. The Hall–Kier alpha value is -2.39. The van der Waals surface area contributed by atoms with E-state index in [9.17, 15) is 8.42 Å². The maximum Gasteiger partial charge on any atom is 0.264 e. The van der Waals surface area contributed by atoms with Gasteiger partial charge in [0.15, 0.2) is 0 Å². The highest BCUT2D eigenvalue weighted by Crippen LogP contribution is 2.38. The number of aromatic nitrogens is 3. The number of furan rings is 1.